The highest BCUT2D eigenvalue weighted by atomic mass is 19.1. The number of halogens is 1. The first-order valence-corrected chi connectivity index (χ1v) is 8.54. The first-order valence-electron chi connectivity index (χ1n) is 8.54. The monoisotopic (exact) mass is 353 g/mol. The number of hydrogen-bond acceptors (Lipinski definition) is 3. The van der Waals surface area contributed by atoms with E-state index in [0.29, 0.717) is 22.2 Å². The minimum absolute atomic E-state index is 0.133. The standard InChI is InChI=1S/C21H20FNO3/c1-3-4-5-13-6-8-18-15(10-13)16(21(24)25)12-19(23-18)14-7-9-20(26-2)17(22)11-14/h6-12H,3-5H2,1-2H3,(H,24,25). The van der Waals surface area contributed by atoms with Gasteiger partial charge in [0.25, 0.3) is 0 Å². The van der Waals surface area contributed by atoms with Crippen molar-refractivity contribution < 1.29 is 19.0 Å². The van der Waals surface area contributed by atoms with Gasteiger partial charge >= 0.3 is 5.97 Å². The topological polar surface area (TPSA) is 59.4 Å². The van der Waals surface area contributed by atoms with Gasteiger partial charge in [0.1, 0.15) is 0 Å². The number of nitrogens with zero attached hydrogens (tertiary/aromatic N) is 1. The largest absolute Gasteiger partial charge is 0.494 e. The van der Waals surface area contributed by atoms with E-state index in [1.54, 1.807) is 6.07 Å². The average molecular weight is 353 g/mol. The maximum atomic E-state index is 14.0. The lowest BCUT2D eigenvalue weighted by Gasteiger charge is -2.10. The molecule has 0 saturated carbocycles. The quantitative estimate of drug-likeness (QED) is 0.670. The number of ether oxygens (including phenoxy) is 1. The van der Waals surface area contributed by atoms with Gasteiger partial charge in [-0.3, -0.25) is 0 Å². The molecule has 26 heavy (non-hydrogen) atoms. The summed E-state index contributed by atoms with van der Waals surface area (Å²) in [6.07, 6.45) is 3.02. The molecule has 0 amide bonds. The highest BCUT2D eigenvalue weighted by Gasteiger charge is 2.15. The molecular formula is C21H20FNO3. The molecule has 0 fully saturated rings. The molecule has 5 heteroatoms. The number of aromatic carboxylic acids is 1. The summed E-state index contributed by atoms with van der Waals surface area (Å²) in [5, 5.41) is 10.2. The molecule has 3 aromatic rings. The lowest BCUT2D eigenvalue weighted by molar-refractivity contribution is 0.0699. The number of rotatable bonds is 6. The molecule has 1 N–H and O–H groups in total. The number of aromatic nitrogens is 1. The van der Waals surface area contributed by atoms with Crippen molar-refractivity contribution in [2.24, 2.45) is 0 Å². The smallest absolute Gasteiger partial charge is 0.336 e. The highest BCUT2D eigenvalue weighted by Crippen LogP contribution is 2.29. The summed E-state index contributed by atoms with van der Waals surface area (Å²) in [6.45, 7) is 2.12. The molecule has 0 spiro atoms. The molecular weight excluding hydrogens is 333 g/mol. The second-order valence-corrected chi connectivity index (χ2v) is 6.16. The molecule has 0 atom stereocenters. The van der Waals surface area contributed by atoms with E-state index in [9.17, 15) is 14.3 Å². The summed E-state index contributed by atoms with van der Waals surface area (Å²) in [4.78, 5) is 16.3. The molecule has 0 radical (unpaired) electrons. The van der Waals surface area contributed by atoms with Gasteiger partial charge in [-0.2, -0.15) is 0 Å². The zero-order chi connectivity index (χ0) is 18.7. The fourth-order valence-electron chi connectivity index (χ4n) is 2.96. The highest BCUT2D eigenvalue weighted by molar-refractivity contribution is 6.04. The number of methoxy groups -OCH3 is 1. The van der Waals surface area contributed by atoms with Gasteiger partial charge in [0.05, 0.1) is 23.9 Å². The van der Waals surface area contributed by atoms with E-state index < -0.39 is 11.8 Å². The predicted molar refractivity (Wildman–Crippen MR) is 99.3 cm³/mol. The van der Waals surface area contributed by atoms with Crippen molar-refractivity contribution in [2.75, 3.05) is 7.11 Å². The summed E-state index contributed by atoms with van der Waals surface area (Å²) in [7, 11) is 1.39. The minimum Gasteiger partial charge on any atom is -0.494 e. The van der Waals surface area contributed by atoms with Crippen LogP contribution in [0.4, 0.5) is 4.39 Å². The van der Waals surface area contributed by atoms with Gasteiger partial charge < -0.3 is 9.84 Å². The van der Waals surface area contributed by atoms with Crippen LogP contribution in [-0.4, -0.2) is 23.2 Å². The van der Waals surface area contributed by atoms with Crippen molar-refractivity contribution in [3.63, 3.8) is 0 Å². The van der Waals surface area contributed by atoms with E-state index >= 15 is 0 Å². The van der Waals surface area contributed by atoms with Crippen LogP contribution in [0.5, 0.6) is 5.75 Å². The predicted octanol–water partition coefficient (Wildman–Crippen LogP) is 5.09. The maximum absolute atomic E-state index is 14.0. The second kappa shape index (κ2) is 7.52. The number of pyridine rings is 1. The van der Waals surface area contributed by atoms with Gasteiger partial charge in [0.15, 0.2) is 11.6 Å². The molecule has 0 saturated heterocycles. The van der Waals surface area contributed by atoms with E-state index in [4.69, 9.17) is 4.74 Å². The van der Waals surface area contributed by atoms with Crippen LogP contribution in [0, 0.1) is 5.82 Å². The van der Waals surface area contributed by atoms with E-state index in [0.717, 1.165) is 24.8 Å². The Kier molecular flexibility index (Phi) is 5.16. The van der Waals surface area contributed by atoms with Crippen LogP contribution in [0.3, 0.4) is 0 Å². The molecule has 2 aromatic carbocycles. The van der Waals surface area contributed by atoms with Crippen LogP contribution in [-0.2, 0) is 6.42 Å². The third-order valence-corrected chi connectivity index (χ3v) is 4.37. The van der Waals surface area contributed by atoms with E-state index in [2.05, 4.69) is 11.9 Å². The minimum atomic E-state index is -1.03. The molecule has 0 unspecified atom stereocenters. The molecule has 0 aliphatic carbocycles. The lowest BCUT2D eigenvalue weighted by atomic mass is 10.00. The lowest BCUT2D eigenvalue weighted by Crippen LogP contribution is -2.01. The molecule has 4 nitrogen and oxygen atoms in total. The molecule has 0 bridgehead atoms. The number of unbranched alkanes of at least 4 members (excludes halogenated alkanes) is 1. The van der Waals surface area contributed by atoms with Gasteiger partial charge in [-0.05, 0) is 54.8 Å². The van der Waals surface area contributed by atoms with Crippen molar-refractivity contribution in [1.29, 1.82) is 0 Å². The first kappa shape index (κ1) is 17.9. The number of hydrogen-bond donors (Lipinski definition) is 1. The number of aryl methyl sites for hydroxylation is 1. The summed E-state index contributed by atoms with van der Waals surface area (Å²) < 4.78 is 18.9. The van der Waals surface area contributed by atoms with Crippen LogP contribution < -0.4 is 4.74 Å². The fourth-order valence-corrected chi connectivity index (χ4v) is 2.96. The summed E-state index contributed by atoms with van der Waals surface area (Å²) in [5.74, 6) is -1.41. The Morgan fingerprint density at radius 3 is 2.65 bits per heavy atom. The van der Waals surface area contributed by atoms with Gasteiger partial charge in [-0.15, -0.1) is 0 Å². The Labute approximate surface area is 151 Å². The van der Waals surface area contributed by atoms with Crippen LogP contribution in [0.2, 0.25) is 0 Å². The van der Waals surface area contributed by atoms with Gasteiger partial charge in [-0.25, -0.2) is 14.2 Å². The molecule has 1 heterocycles. The van der Waals surface area contributed by atoms with Crippen molar-refractivity contribution >= 4 is 16.9 Å². The average Bonchev–Trinajstić information content (AvgIpc) is 2.65. The molecule has 3 rings (SSSR count). The van der Waals surface area contributed by atoms with Crippen LogP contribution in [0.15, 0.2) is 42.5 Å². The summed E-state index contributed by atoms with van der Waals surface area (Å²) in [6, 6.07) is 11.6. The van der Waals surface area contributed by atoms with Crippen molar-refractivity contribution in [3.05, 3.63) is 59.4 Å². The molecule has 134 valence electrons. The van der Waals surface area contributed by atoms with E-state index in [1.165, 1.54) is 25.3 Å². The number of fused-ring (bicyclic) bond motifs is 1. The summed E-state index contributed by atoms with van der Waals surface area (Å²) in [5.41, 5.74) is 2.75. The van der Waals surface area contributed by atoms with Gasteiger partial charge in [-0.1, -0.05) is 19.4 Å². The maximum Gasteiger partial charge on any atom is 0.336 e. The Morgan fingerprint density at radius 1 is 1.19 bits per heavy atom. The zero-order valence-electron chi connectivity index (χ0n) is 14.8. The number of carbonyl (C=O) groups is 1. The van der Waals surface area contributed by atoms with E-state index in [-0.39, 0.29) is 11.3 Å². The van der Waals surface area contributed by atoms with Crippen LogP contribution in [0.1, 0.15) is 35.7 Å². The Hall–Kier alpha value is -2.95. The number of carboxylic acids is 1. The normalized spacial score (nSPS) is 10.9. The van der Waals surface area contributed by atoms with Crippen LogP contribution in [0.25, 0.3) is 22.2 Å². The Morgan fingerprint density at radius 2 is 2.00 bits per heavy atom. The first-order chi connectivity index (χ1) is 12.5. The van der Waals surface area contributed by atoms with Gasteiger partial charge in [0, 0.05) is 10.9 Å². The number of benzene rings is 2. The SMILES string of the molecule is CCCCc1ccc2nc(-c3ccc(OC)c(F)c3)cc(C(=O)O)c2c1. The molecule has 1 aromatic heterocycles. The Balaban J connectivity index is 2.13. The number of carboxylic acid groups (broad SMARTS) is 1. The summed E-state index contributed by atoms with van der Waals surface area (Å²) >= 11 is 0. The molecule has 0 aliphatic heterocycles. The van der Waals surface area contributed by atoms with E-state index in [1.807, 2.05) is 18.2 Å². The van der Waals surface area contributed by atoms with Crippen molar-refractivity contribution in [2.45, 2.75) is 26.2 Å². The fraction of sp³-hybridized carbons (Fsp3) is 0.238. The van der Waals surface area contributed by atoms with Crippen molar-refractivity contribution in [1.82, 2.24) is 4.98 Å². The third-order valence-electron chi connectivity index (χ3n) is 4.37. The van der Waals surface area contributed by atoms with Crippen LogP contribution >= 0.6 is 0 Å². The van der Waals surface area contributed by atoms with Gasteiger partial charge in [0.2, 0.25) is 0 Å². The second-order valence-electron chi connectivity index (χ2n) is 6.16. The zero-order valence-corrected chi connectivity index (χ0v) is 14.8. The molecule has 0 aliphatic rings. The Bertz CT molecular complexity index is 969. The van der Waals surface area contributed by atoms with Crippen molar-refractivity contribution in [3.8, 4) is 17.0 Å². The third kappa shape index (κ3) is 3.52.